The lowest BCUT2D eigenvalue weighted by molar-refractivity contribution is 1.19. The molecule has 1 N–H and O–H groups in total. The second-order valence-corrected chi connectivity index (χ2v) is 2.98. The molecule has 0 saturated carbocycles. The highest BCUT2D eigenvalue weighted by Crippen LogP contribution is 2.13. The number of aromatic amines is 1. The highest BCUT2D eigenvalue weighted by molar-refractivity contribution is 7.71. The molecule has 2 heterocycles. The van der Waals surface area contributed by atoms with Gasteiger partial charge in [-0.05, 0) is 0 Å². The molecule has 5 heteroatoms. The van der Waals surface area contributed by atoms with Gasteiger partial charge in [-0.15, -0.1) is 11.3 Å². The maximum atomic E-state index is 4.95. The van der Waals surface area contributed by atoms with E-state index in [1.807, 2.05) is 0 Å². The Labute approximate surface area is 65.8 Å². The minimum absolute atomic E-state index is 0.622. The van der Waals surface area contributed by atoms with E-state index in [2.05, 4.69) is 15.0 Å². The highest BCUT2D eigenvalue weighted by atomic mass is 32.1. The van der Waals surface area contributed by atoms with Crippen LogP contribution in [0.15, 0.2) is 11.8 Å². The normalized spacial score (nSPS) is 10.4. The maximum absolute atomic E-state index is 4.95. The fourth-order valence-corrected chi connectivity index (χ4v) is 1.65. The van der Waals surface area contributed by atoms with Crippen LogP contribution in [-0.4, -0.2) is 15.0 Å². The first-order valence-corrected chi connectivity index (χ1v) is 3.93. The van der Waals surface area contributed by atoms with Gasteiger partial charge in [0.15, 0.2) is 5.65 Å². The van der Waals surface area contributed by atoms with Crippen LogP contribution >= 0.6 is 23.6 Å². The van der Waals surface area contributed by atoms with Crippen LogP contribution in [0.4, 0.5) is 0 Å². The molecule has 50 valence electrons. The average Bonchev–Trinajstić information content (AvgIpc) is 2.36. The van der Waals surface area contributed by atoms with Crippen molar-refractivity contribution < 1.29 is 0 Å². The van der Waals surface area contributed by atoms with Gasteiger partial charge in [0.05, 0.1) is 11.8 Å². The number of aromatic nitrogens is 3. The number of thiazole rings is 1. The van der Waals surface area contributed by atoms with E-state index >= 15 is 0 Å². The summed E-state index contributed by atoms with van der Waals surface area (Å²) in [7, 11) is 0. The first kappa shape index (κ1) is 5.94. The van der Waals surface area contributed by atoms with Crippen molar-refractivity contribution >= 4 is 33.9 Å². The summed E-state index contributed by atoms with van der Waals surface area (Å²) in [6.45, 7) is 0. The molecule has 0 amide bonds. The summed E-state index contributed by atoms with van der Waals surface area (Å²) in [6.07, 6.45) is 1.56. The van der Waals surface area contributed by atoms with Crippen molar-refractivity contribution in [1.29, 1.82) is 0 Å². The number of nitrogens with one attached hydrogen (secondary N) is 1. The predicted molar refractivity (Wildman–Crippen MR) is 42.6 cm³/mol. The second-order valence-electron chi connectivity index (χ2n) is 1.74. The molecule has 0 atom stereocenters. The third-order valence-electron chi connectivity index (χ3n) is 1.14. The van der Waals surface area contributed by atoms with Gasteiger partial charge in [0.2, 0.25) is 0 Å². The van der Waals surface area contributed by atoms with Gasteiger partial charge in [-0.1, -0.05) is 12.2 Å². The third-order valence-corrected chi connectivity index (χ3v) is 2.42. The number of hydrogen-bond donors (Lipinski definition) is 1. The van der Waals surface area contributed by atoms with Gasteiger partial charge in [0.25, 0.3) is 0 Å². The second kappa shape index (κ2) is 2.10. The molecular weight excluding hydrogens is 166 g/mol. The molecule has 0 spiro atoms. The van der Waals surface area contributed by atoms with Gasteiger partial charge in [0, 0.05) is 0 Å². The van der Waals surface area contributed by atoms with Gasteiger partial charge in [0.1, 0.15) is 9.34 Å². The van der Waals surface area contributed by atoms with E-state index in [-0.39, 0.29) is 0 Å². The molecule has 0 aliphatic rings. The number of nitrogens with zero attached hydrogens (tertiary/aromatic N) is 2. The van der Waals surface area contributed by atoms with Gasteiger partial charge in [-0.25, -0.2) is 9.97 Å². The predicted octanol–water partition coefficient (Wildman–Crippen LogP) is 1.75. The Morgan fingerprint density at radius 1 is 1.50 bits per heavy atom. The summed E-state index contributed by atoms with van der Waals surface area (Å²) in [5.41, 5.74) is 2.57. The molecule has 0 aliphatic carbocycles. The molecule has 2 rings (SSSR count). The zero-order valence-corrected chi connectivity index (χ0v) is 6.50. The lowest BCUT2D eigenvalue weighted by Gasteiger charge is -1.83. The highest BCUT2D eigenvalue weighted by Gasteiger charge is 1.95. The summed E-state index contributed by atoms with van der Waals surface area (Å²) in [5, 5.41) is 0. The Bertz CT molecular complexity index is 402. The zero-order valence-electron chi connectivity index (χ0n) is 4.87. The first-order chi connectivity index (χ1) is 4.88. The monoisotopic (exact) mass is 169 g/mol. The van der Waals surface area contributed by atoms with Crippen molar-refractivity contribution in [2.75, 3.05) is 0 Å². The minimum atomic E-state index is 0.622. The van der Waals surface area contributed by atoms with Crippen molar-refractivity contribution in [1.82, 2.24) is 15.0 Å². The lowest BCUT2D eigenvalue weighted by atomic mass is 10.6. The third kappa shape index (κ3) is 0.748. The van der Waals surface area contributed by atoms with Crippen LogP contribution in [0.25, 0.3) is 10.3 Å². The molecule has 2 aromatic rings. The van der Waals surface area contributed by atoms with E-state index in [1.54, 1.807) is 11.8 Å². The van der Waals surface area contributed by atoms with Crippen molar-refractivity contribution in [3.8, 4) is 0 Å². The standard InChI is InChI=1S/C5H3N3S2/c9-5-3-4(6-1-7-5)8-2-10-3/h1-2H,(H,6,7,9). The number of hydrogen-bond acceptors (Lipinski definition) is 4. The van der Waals surface area contributed by atoms with Gasteiger partial charge >= 0.3 is 0 Å². The molecule has 0 aromatic carbocycles. The van der Waals surface area contributed by atoms with Gasteiger partial charge in [-0.3, -0.25) is 0 Å². The number of fused-ring (bicyclic) bond motifs is 1. The maximum Gasteiger partial charge on any atom is 0.152 e. The van der Waals surface area contributed by atoms with Crippen molar-refractivity contribution in [3.05, 3.63) is 16.5 Å². The van der Waals surface area contributed by atoms with E-state index in [0.29, 0.717) is 4.64 Å². The van der Waals surface area contributed by atoms with Crippen LogP contribution in [0.3, 0.4) is 0 Å². The van der Waals surface area contributed by atoms with E-state index in [9.17, 15) is 0 Å². The molecule has 0 saturated heterocycles. The summed E-state index contributed by atoms with van der Waals surface area (Å²) >= 11 is 6.45. The summed E-state index contributed by atoms with van der Waals surface area (Å²) in [6, 6.07) is 0. The van der Waals surface area contributed by atoms with Crippen LogP contribution in [-0.2, 0) is 0 Å². The Morgan fingerprint density at radius 2 is 2.40 bits per heavy atom. The number of H-pyrrole nitrogens is 1. The Balaban J connectivity index is 3.09. The van der Waals surface area contributed by atoms with E-state index in [0.717, 1.165) is 10.3 Å². The molecule has 0 bridgehead atoms. The molecule has 10 heavy (non-hydrogen) atoms. The molecule has 0 radical (unpaired) electrons. The van der Waals surface area contributed by atoms with Gasteiger partial charge < -0.3 is 4.98 Å². The summed E-state index contributed by atoms with van der Waals surface area (Å²) in [5.74, 6) is 0. The number of rotatable bonds is 0. The summed E-state index contributed by atoms with van der Waals surface area (Å²) in [4.78, 5) is 10.8. The van der Waals surface area contributed by atoms with Crippen molar-refractivity contribution in [2.24, 2.45) is 0 Å². The smallest absolute Gasteiger partial charge is 0.152 e. The fraction of sp³-hybridized carbons (Fsp3) is 0. The molecule has 0 aliphatic heterocycles. The first-order valence-electron chi connectivity index (χ1n) is 2.65. The molecule has 0 unspecified atom stereocenters. The van der Waals surface area contributed by atoms with Crippen LogP contribution in [0.1, 0.15) is 0 Å². The van der Waals surface area contributed by atoms with Crippen LogP contribution < -0.4 is 0 Å². The van der Waals surface area contributed by atoms with E-state index in [4.69, 9.17) is 12.2 Å². The average molecular weight is 169 g/mol. The van der Waals surface area contributed by atoms with Crippen molar-refractivity contribution in [3.63, 3.8) is 0 Å². The van der Waals surface area contributed by atoms with E-state index < -0.39 is 0 Å². The van der Waals surface area contributed by atoms with Crippen LogP contribution in [0.2, 0.25) is 0 Å². The molecule has 3 nitrogen and oxygen atoms in total. The van der Waals surface area contributed by atoms with Crippen LogP contribution in [0, 0.1) is 4.64 Å². The zero-order chi connectivity index (χ0) is 6.97. The topological polar surface area (TPSA) is 41.6 Å². The SMILES string of the molecule is S=c1nc[nH]c2ncsc12. The minimum Gasteiger partial charge on any atom is -0.330 e. The van der Waals surface area contributed by atoms with Gasteiger partial charge in [-0.2, -0.15) is 0 Å². The van der Waals surface area contributed by atoms with Crippen LogP contribution in [0.5, 0.6) is 0 Å². The molecule has 0 fully saturated rings. The molecular formula is C5H3N3S2. The molecule has 2 aromatic heterocycles. The largest absolute Gasteiger partial charge is 0.330 e. The lowest BCUT2D eigenvalue weighted by Crippen LogP contribution is -1.78. The van der Waals surface area contributed by atoms with Crippen molar-refractivity contribution in [2.45, 2.75) is 0 Å². The Hall–Kier alpha value is -0.810. The Morgan fingerprint density at radius 3 is 3.20 bits per heavy atom. The Kier molecular flexibility index (Phi) is 1.25. The summed E-state index contributed by atoms with van der Waals surface area (Å²) < 4.78 is 1.58. The fourth-order valence-electron chi connectivity index (χ4n) is 0.711. The quantitative estimate of drug-likeness (QED) is 0.611. The van der Waals surface area contributed by atoms with E-state index in [1.165, 1.54) is 11.3 Å².